The molecule has 0 atom stereocenters. The van der Waals surface area contributed by atoms with Crippen LogP contribution in [0.4, 0.5) is 0 Å². The summed E-state index contributed by atoms with van der Waals surface area (Å²) in [6.07, 6.45) is 3.07. The topological polar surface area (TPSA) is 42.2 Å². The molecule has 64 valence electrons. The SMILES string of the molecule is C=CCNC(=O)c1coc(C)c1. The summed E-state index contributed by atoms with van der Waals surface area (Å²) in [5, 5.41) is 2.64. The van der Waals surface area contributed by atoms with Crippen molar-refractivity contribution < 1.29 is 9.21 Å². The molecule has 0 saturated carbocycles. The van der Waals surface area contributed by atoms with E-state index in [-0.39, 0.29) is 5.91 Å². The molecule has 0 aliphatic carbocycles. The molecule has 1 rings (SSSR count). The zero-order valence-corrected chi connectivity index (χ0v) is 6.96. The molecule has 0 aromatic carbocycles. The first-order valence-corrected chi connectivity index (χ1v) is 3.68. The minimum absolute atomic E-state index is 0.133. The molecule has 0 spiro atoms. The molecule has 1 amide bonds. The normalized spacial score (nSPS) is 9.42. The van der Waals surface area contributed by atoms with Crippen LogP contribution in [0.3, 0.4) is 0 Å². The number of carbonyl (C=O) groups is 1. The van der Waals surface area contributed by atoms with Gasteiger partial charge in [0.2, 0.25) is 0 Å². The van der Waals surface area contributed by atoms with Crippen LogP contribution in [-0.4, -0.2) is 12.5 Å². The standard InChI is InChI=1S/C9H11NO2/c1-3-4-10-9(11)8-5-7(2)12-6-8/h3,5-6H,1,4H2,2H3,(H,10,11). The van der Waals surface area contributed by atoms with E-state index in [1.807, 2.05) is 0 Å². The predicted molar refractivity (Wildman–Crippen MR) is 46.0 cm³/mol. The molecule has 0 saturated heterocycles. The van der Waals surface area contributed by atoms with Gasteiger partial charge in [-0.3, -0.25) is 4.79 Å². The summed E-state index contributed by atoms with van der Waals surface area (Å²) < 4.78 is 4.98. The van der Waals surface area contributed by atoms with Gasteiger partial charge in [-0.15, -0.1) is 6.58 Å². The van der Waals surface area contributed by atoms with Gasteiger partial charge in [0.05, 0.1) is 5.56 Å². The van der Waals surface area contributed by atoms with E-state index < -0.39 is 0 Å². The number of amides is 1. The van der Waals surface area contributed by atoms with Crippen LogP contribution in [0.2, 0.25) is 0 Å². The average Bonchev–Trinajstić information content (AvgIpc) is 2.47. The summed E-state index contributed by atoms with van der Waals surface area (Å²) in [7, 11) is 0. The van der Waals surface area contributed by atoms with Crippen molar-refractivity contribution in [3.63, 3.8) is 0 Å². The van der Waals surface area contributed by atoms with Gasteiger partial charge in [-0.2, -0.15) is 0 Å². The van der Waals surface area contributed by atoms with Crippen LogP contribution in [0, 0.1) is 6.92 Å². The van der Waals surface area contributed by atoms with Crippen molar-refractivity contribution in [1.29, 1.82) is 0 Å². The van der Waals surface area contributed by atoms with Gasteiger partial charge in [-0.25, -0.2) is 0 Å². The molecule has 1 aromatic heterocycles. The van der Waals surface area contributed by atoms with Gasteiger partial charge >= 0.3 is 0 Å². The molecule has 0 aliphatic heterocycles. The Hall–Kier alpha value is -1.51. The van der Waals surface area contributed by atoms with Crippen molar-refractivity contribution >= 4 is 5.91 Å². The Morgan fingerprint density at radius 2 is 2.58 bits per heavy atom. The van der Waals surface area contributed by atoms with Gasteiger partial charge < -0.3 is 9.73 Å². The third-order valence-corrected chi connectivity index (χ3v) is 1.40. The minimum Gasteiger partial charge on any atom is -0.469 e. The lowest BCUT2D eigenvalue weighted by atomic mass is 10.3. The summed E-state index contributed by atoms with van der Waals surface area (Å²) >= 11 is 0. The summed E-state index contributed by atoms with van der Waals surface area (Å²) in [6, 6.07) is 1.69. The first-order chi connectivity index (χ1) is 5.74. The Bertz CT molecular complexity index is 288. The number of furan rings is 1. The van der Waals surface area contributed by atoms with Crippen LogP contribution in [0.15, 0.2) is 29.4 Å². The number of aryl methyl sites for hydroxylation is 1. The number of nitrogens with one attached hydrogen (secondary N) is 1. The number of hydrogen-bond acceptors (Lipinski definition) is 2. The van der Waals surface area contributed by atoms with E-state index in [4.69, 9.17) is 4.42 Å². The molecular weight excluding hydrogens is 154 g/mol. The van der Waals surface area contributed by atoms with Crippen molar-refractivity contribution in [3.05, 3.63) is 36.3 Å². The maximum Gasteiger partial charge on any atom is 0.254 e. The van der Waals surface area contributed by atoms with Gasteiger partial charge in [0.25, 0.3) is 5.91 Å². The lowest BCUT2D eigenvalue weighted by molar-refractivity contribution is 0.0957. The molecule has 1 N–H and O–H groups in total. The molecule has 3 nitrogen and oxygen atoms in total. The molecule has 0 radical (unpaired) electrons. The Morgan fingerprint density at radius 3 is 3.08 bits per heavy atom. The van der Waals surface area contributed by atoms with Gasteiger partial charge in [0, 0.05) is 6.54 Å². The zero-order chi connectivity index (χ0) is 8.97. The van der Waals surface area contributed by atoms with Crippen molar-refractivity contribution in [2.45, 2.75) is 6.92 Å². The maximum absolute atomic E-state index is 11.2. The van der Waals surface area contributed by atoms with Gasteiger partial charge in [-0.05, 0) is 13.0 Å². The lowest BCUT2D eigenvalue weighted by Gasteiger charge is -1.96. The highest BCUT2D eigenvalue weighted by Gasteiger charge is 2.05. The second-order valence-corrected chi connectivity index (χ2v) is 2.44. The van der Waals surface area contributed by atoms with E-state index in [0.717, 1.165) is 5.76 Å². The Morgan fingerprint density at radius 1 is 1.83 bits per heavy atom. The predicted octanol–water partition coefficient (Wildman–Crippen LogP) is 1.50. The van der Waals surface area contributed by atoms with E-state index in [1.54, 1.807) is 19.1 Å². The Kier molecular flexibility index (Phi) is 2.69. The van der Waals surface area contributed by atoms with E-state index in [2.05, 4.69) is 11.9 Å². The van der Waals surface area contributed by atoms with Crippen LogP contribution in [-0.2, 0) is 0 Å². The first kappa shape index (κ1) is 8.59. The monoisotopic (exact) mass is 165 g/mol. The lowest BCUT2D eigenvalue weighted by Crippen LogP contribution is -2.22. The van der Waals surface area contributed by atoms with Crippen LogP contribution < -0.4 is 5.32 Å². The molecule has 1 aromatic rings. The molecule has 12 heavy (non-hydrogen) atoms. The fourth-order valence-electron chi connectivity index (χ4n) is 0.829. The van der Waals surface area contributed by atoms with Gasteiger partial charge in [0.1, 0.15) is 12.0 Å². The Labute approximate surface area is 71.1 Å². The van der Waals surface area contributed by atoms with E-state index >= 15 is 0 Å². The highest BCUT2D eigenvalue weighted by Crippen LogP contribution is 2.05. The third-order valence-electron chi connectivity index (χ3n) is 1.40. The van der Waals surface area contributed by atoms with E-state index in [9.17, 15) is 4.79 Å². The van der Waals surface area contributed by atoms with Crippen LogP contribution >= 0.6 is 0 Å². The first-order valence-electron chi connectivity index (χ1n) is 3.68. The summed E-state index contributed by atoms with van der Waals surface area (Å²) in [4.78, 5) is 11.2. The van der Waals surface area contributed by atoms with Crippen LogP contribution in [0.5, 0.6) is 0 Å². The molecule has 0 unspecified atom stereocenters. The summed E-state index contributed by atoms with van der Waals surface area (Å²) in [5.74, 6) is 0.602. The third kappa shape index (κ3) is 1.99. The van der Waals surface area contributed by atoms with E-state index in [0.29, 0.717) is 12.1 Å². The fraction of sp³-hybridized carbons (Fsp3) is 0.222. The zero-order valence-electron chi connectivity index (χ0n) is 6.96. The highest BCUT2D eigenvalue weighted by atomic mass is 16.3. The van der Waals surface area contributed by atoms with Crippen molar-refractivity contribution in [3.8, 4) is 0 Å². The van der Waals surface area contributed by atoms with Crippen molar-refractivity contribution in [2.75, 3.05) is 6.54 Å². The number of rotatable bonds is 3. The minimum atomic E-state index is -0.133. The van der Waals surface area contributed by atoms with Gasteiger partial charge in [0.15, 0.2) is 0 Å². The Balaban J connectivity index is 2.59. The smallest absolute Gasteiger partial charge is 0.254 e. The molecule has 1 heterocycles. The van der Waals surface area contributed by atoms with Crippen LogP contribution in [0.25, 0.3) is 0 Å². The maximum atomic E-state index is 11.2. The number of carbonyl (C=O) groups excluding carboxylic acids is 1. The summed E-state index contributed by atoms with van der Waals surface area (Å²) in [5.41, 5.74) is 0.550. The molecule has 0 fully saturated rings. The average molecular weight is 165 g/mol. The van der Waals surface area contributed by atoms with E-state index in [1.165, 1.54) is 6.26 Å². The molecule has 0 aliphatic rings. The largest absolute Gasteiger partial charge is 0.469 e. The molecular formula is C9H11NO2. The fourth-order valence-corrected chi connectivity index (χ4v) is 0.829. The molecule has 0 bridgehead atoms. The van der Waals surface area contributed by atoms with Gasteiger partial charge in [-0.1, -0.05) is 6.08 Å². The molecule has 3 heteroatoms. The van der Waals surface area contributed by atoms with Crippen molar-refractivity contribution in [2.24, 2.45) is 0 Å². The van der Waals surface area contributed by atoms with Crippen molar-refractivity contribution in [1.82, 2.24) is 5.32 Å². The quantitative estimate of drug-likeness (QED) is 0.690. The summed E-state index contributed by atoms with van der Waals surface area (Å²) in [6.45, 7) is 5.76. The number of hydrogen-bond donors (Lipinski definition) is 1. The second kappa shape index (κ2) is 3.76. The second-order valence-electron chi connectivity index (χ2n) is 2.44. The van der Waals surface area contributed by atoms with Crippen LogP contribution in [0.1, 0.15) is 16.1 Å². The highest BCUT2D eigenvalue weighted by molar-refractivity contribution is 5.93.